The maximum Gasteiger partial charge on any atom is 0.233 e. The molecular formula is C12H23N3O2S. The molecule has 1 aliphatic rings. The molecule has 0 aromatic heterocycles. The van der Waals surface area contributed by atoms with Crippen LogP contribution in [-0.2, 0) is 4.79 Å². The van der Waals surface area contributed by atoms with Crippen molar-refractivity contribution in [3.8, 4) is 0 Å². The van der Waals surface area contributed by atoms with Crippen molar-refractivity contribution in [1.29, 1.82) is 0 Å². The highest BCUT2D eigenvalue weighted by Gasteiger charge is 2.34. The minimum Gasteiger partial charge on any atom is -0.409 e. The van der Waals surface area contributed by atoms with Gasteiger partial charge in [-0.25, -0.2) is 0 Å². The molecule has 0 bridgehead atoms. The van der Waals surface area contributed by atoms with Gasteiger partial charge < -0.3 is 15.8 Å². The van der Waals surface area contributed by atoms with Crippen molar-refractivity contribution in [3.63, 3.8) is 0 Å². The normalized spacial score (nSPS) is 21.7. The SMILES string of the molecule is CCCC(C(=O)N1CCSC(C)(C)C1)C(N)=NO. The number of carbonyl (C=O) groups is 1. The van der Waals surface area contributed by atoms with Gasteiger partial charge in [-0.2, -0.15) is 11.8 Å². The Morgan fingerprint density at radius 1 is 1.61 bits per heavy atom. The number of rotatable bonds is 4. The molecule has 1 atom stereocenters. The highest BCUT2D eigenvalue weighted by atomic mass is 32.2. The molecule has 1 aliphatic heterocycles. The molecule has 1 heterocycles. The van der Waals surface area contributed by atoms with E-state index < -0.39 is 5.92 Å². The number of carbonyl (C=O) groups excluding carboxylic acids is 1. The van der Waals surface area contributed by atoms with Crippen LogP contribution < -0.4 is 5.73 Å². The lowest BCUT2D eigenvalue weighted by Gasteiger charge is -2.38. The van der Waals surface area contributed by atoms with E-state index in [1.807, 2.05) is 23.6 Å². The molecule has 5 nitrogen and oxygen atoms in total. The largest absolute Gasteiger partial charge is 0.409 e. The first-order chi connectivity index (χ1) is 8.41. The number of nitrogens with two attached hydrogens (primary N) is 1. The molecule has 1 rings (SSSR count). The summed E-state index contributed by atoms with van der Waals surface area (Å²) >= 11 is 1.88. The zero-order valence-electron chi connectivity index (χ0n) is 11.3. The van der Waals surface area contributed by atoms with Gasteiger partial charge in [0.15, 0.2) is 5.84 Å². The van der Waals surface area contributed by atoms with E-state index in [9.17, 15) is 4.79 Å². The van der Waals surface area contributed by atoms with Crippen molar-refractivity contribution < 1.29 is 10.0 Å². The summed E-state index contributed by atoms with van der Waals surface area (Å²) < 4.78 is 0.0792. The first-order valence-electron chi connectivity index (χ1n) is 6.31. The van der Waals surface area contributed by atoms with Gasteiger partial charge in [0, 0.05) is 23.6 Å². The lowest BCUT2D eigenvalue weighted by molar-refractivity contribution is -0.133. The standard InChI is InChI=1S/C12H23N3O2S/c1-4-5-9(10(13)14-17)11(16)15-6-7-18-12(2,3)8-15/h9,17H,4-8H2,1-3H3,(H2,13,14). The molecule has 0 aromatic rings. The molecular weight excluding hydrogens is 250 g/mol. The predicted octanol–water partition coefficient (Wildman–Crippen LogP) is 1.50. The minimum absolute atomic E-state index is 0.0134. The summed E-state index contributed by atoms with van der Waals surface area (Å²) in [6.45, 7) is 7.72. The summed E-state index contributed by atoms with van der Waals surface area (Å²) in [6.07, 6.45) is 1.46. The fourth-order valence-corrected chi connectivity index (χ4v) is 3.29. The third kappa shape index (κ3) is 3.80. The van der Waals surface area contributed by atoms with Crippen molar-refractivity contribution in [3.05, 3.63) is 0 Å². The molecule has 18 heavy (non-hydrogen) atoms. The van der Waals surface area contributed by atoms with Gasteiger partial charge in [0.05, 0.1) is 5.92 Å². The van der Waals surface area contributed by atoms with Gasteiger partial charge in [-0.1, -0.05) is 18.5 Å². The van der Waals surface area contributed by atoms with Crippen molar-refractivity contribution in [2.45, 2.75) is 38.4 Å². The topological polar surface area (TPSA) is 78.9 Å². The van der Waals surface area contributed by atoms with Crippen molar-refractivity contribution >= 4 is 23.5 Å². The van der Waals surface area contributed by atoms with Gasteiger partial charge in [0.25, 0.3) is 0 Å². The lowest BCUT2D eigenvalue weighted by Crippen LogP contribution is -2.50. The summed E-state index contributed by atoms with van der Waals surface area (Å²) in [4.78, 5) is 14.3. The second-order valence-corrected chi connectivity index (χ2v) is 7.04. The van der Waals surface area contributed by atoms with E-state index in [0.29, 0.717) is 6.42 Å². The van der Waals surface area contributed by atoms with Crippen LogP contribution in [0.25, 0.3) is 0 Å². The summed E-state index contributed by atoms with van der Waals surface area (Å²) in [5.74, 6) is 0.464. The highest BCUT2D eigenvalue weighted by molar-refractivity contribution is 8.00. The Balaban J connectivity index is 2.76. The van der Waals surface area contributed by atoms with Crippen LogP contribution in [0.3, 0.4) is 0 Å². The quantitative estimate of drug-likeness (QED) is 0.352. The first-order valence-corrected chi connectivity index (χ1v) is 7.30. The Kier molecular flexibility index (Phi) is 5.31. The van der Waals surface area contributed by atoms with Crippen LogP contribution >= 0.6 is 11.8 Å². The fourth-order valence-electron chi connectivity index (χ4n) is 2.18. The first kappa shape index (κ1) is 15.1. The molecule has 0 aromatic carbocycles. The van der Waals surface area contributed by atoms with Crippen LogP contribution in [0.4, 0.5) is 0 Å². The van der Waals surface area contributed by atoms with E-state index in [0.717, 1.165) is 25.3 Å². The third-order valence-corrected chi connectivity index (χ3v) is 4.38. The Morgan fingerprint density at radius 3 is 2.78 bits per heavy atom. The molecule has 3 N–H and O–H groups in total. The zero-order valence-corrected chi connectivity index (χ0v) is 12.2. The summed E-state index contributed by atoms with van der Waals surface area (Å²) in [6, 6.07) is 0. The molecule has 1 fully saturated rings. The third-order valence-electron chi connectivity index (χ3n) is 3.09. The second-order valence-electron chi connectivity index (χ2n) is 5.23. The second kappa shape index (κ2) is 6.31. The maximum absolute atomic E-state index is 12.4. The predicted molar refractivity (Wildman–Crippen MR) is 74.9 cm³/mol. The van der Waals surface area contributed by atoms with Crippen molar-refractivity contribution in [2.75, 3.05) is 18.8 Å². The van der Waals surface area contributed by atoms with E-state index in [4.69, 9.17) is 10.9 Å². The van der Waals surface area contributed by atoms with Crippen LogP contribution in [0, 0.1) is 5.92 Å². The van der Waals surface area contributed by atoms with E-state index in [1.54, 1.807) is 0 Å². The van der Waals surface area contributed by atoms with E-state index in [-0.39, 0.29) is 16.5 Å². The Morgan fingerprint density at radius 2 is 2.28 bits per heavy atom. The molecule has 1 saturated heterocycles. The fraction of sp³-hybridized carbons (Fsp3) is 0.833. The molecule has 1 amide bonds. The summed E-state index contributed by atoms with van der Waals surface area (Å²) in [7, 11) is 0. The molecule has 0 saturated carbocycles. The van der Waals surface area contributed by atoms with Gasteiger partial charge in [0.2, 0.25) is 5.91 Å². The number of oxime groups is 1. The average Bonchev–Trinajstić information content (AvgIpc) is 2.33. The Labute approximate surface area is 113 Å². The van der Waals surface area contributed by atoms with Gasteiger partial charge in [-0.3, -0.25) is 4.79 Å². The number of amides is 1. The minimum atomic E-state index is -0.487. The monoisotopic (exact) mass is 273 g/mol. The number of nitrogens with zero attached hydrogens (tertiary/aromatic N) is 2. The van der Waals surface area contributed by atoms with Crippen LogP contribution in [0.15, 0.2) is 5.16 Å². The smallest absolute Gasteiger partial charge is 0.233 e. The van der Waals surface area contributed by atoms with Crippen LogP contribution in [0.1, 0.15) is 33.6 Å². The molecule has 104 valence electrons. The van der Waals surface area contributed by atoms with E-state index in [1.165, 1.54) is 0 Å². The van der Waals surface area contributed by atoms with Crippen molar-refractivity contribution in [2.24, 2.45) is 16.8 Å². The zero-order chi connectivity index (χ0) is 13.8. The van der Waals surface area contributed by atoms with Crippen molar-refractivity contribution in [1.82, 2.24) is 4.90 Å². The summed E-state index contributed by atoms with van der Waals surface area (Å²) in [5.41, 5.74) is 5.63. The van der Waals surface area contributed by atoms with E-state index in [2.05, 4.69) is 19.0 Å². The number of amidine groups is 1. The number of hydrogen-bond donors (Lipinski definition) is 2. The Hall–Kier alpha value is -0.910. The van der Waals surface area contributed by atoms with E-state index >= 15 is 0 Å². The molecule has 0 aliphatic carbocycles. The molecule has 0 radical (unpaired) electrons. The summed E-state index contributed by atoms with van der Waals surface area (Å²) in [5, 5.41) is 11.8. The van der Waals surface area contributed by atoms with Crippen LogP contribution in [-0.4, -0.2) is 45.4 Å². The highest BCUT2D eigenvalue weighted by Crippen LogP contribution is 2.30. The van der Waals surface area contributed by atoms with Crippen LogP contribution in [0.5, 0.6) is 0 Å². The van der Waals surface area contributed by atoms with Crippen LogP contribution in [0.2, 0.25) is 0 Å². The molecule has 1 unspecified atom stereocenters. The lowest BCUT2D eigenvalue weighted by atomic mass is 10.00. The molecule has 0 spiro atoms. The molecule has 6 heteroatoms. The van der Waals surface area contributed by atoms with Gasteiger partial charge >= 0.3 is 0 Å². The van der Waals surface area contributed by atoms with Gasteiger partial charge in [-0.15, -0.1) is 0 Å². The maximum atomic E-state index is 12.4. The Bertz CT molecular complexity index is 331. The number of thioether (sulfide) groups is 1. The van der Waals surface area contributed by atoms with Gasteiger partial charge in [-0.05, 0) is 20.3 Å². The van der Waals surface area contributed by atoms with Gasteiger partial charge in [0.1, 0.15) is 0 Å². The average molecular weight is 273 g/mol. The number of hydrogen-bond acceptors (Lipinski definition) is 4.